The van der Waals surface area contributed by atoms with Crippen molar-refractivity contribution in [1.29, 1.82) is 0 Å². The molecule has 3 nitrogen and oxygen atoms in total. The van der Waals surface area contributed by atoms with E-state index in [2.05, 4.69) is 30.0 Å². The minimum Gasteiger partial charge on any atom is -0.371 e. The summed E-state index contributed by atoms with van der Waals surface area (Å²) in [6.45, 7) is 3.08. The molecule has 0 saturated heterocycles. The Kier molecular flexibility index (Phi) is 2.76. The number of methoxy groups -OCH3 is 1. The number of hydrogen-bond acceptors (Lipinski definition) is 3. The Balaban J connectivity index is 2.17. The smallest absolute Gasteiger partial charge is 0.120 e. The van der Waals surface area contributed by atoms with E-state index >= 15 is 0 Å². The van der Waals surface area contributed by atoms with Gasteiger partial charge in [-0.25, -0.2) is 4.99 Å². The SMILES string of the molecule is CCN1C2=CC=CC(OC)C2=Nc2ccccc21. The molecule has 1 aromatic rings. The van der Waals surface area contributed by atoms with Crippen molar-refractivity contribution >= 4 is 17.1 Å². The van der Waals surface area contributed by atoms with E-state index in [9.17, 15) is 0 Å². The van der Waals surface area contributed by atoms with Gasteiger partial charge in [0.25, 0.3) is 0 Å². The van der Waals surface area contributed by atoms with Crippen molar-refractivity contribution in [3.63, 3.8) is 0 Å². The Hall–Kier alpha value is -1.87. The van der Waals surface area contributed by atoms with Crippen LogP contribution in [0, 0.1) is 0 Å². The molecular formula is C15H16N2O. The van der Waals surface area contributed by atoms with E-state index in [4.69, 9.17) is 9.73 Å². The highest BCUT2D eigenvalue weighted by molar-refractivity contribution is 6.12. The molecule has 3 rings (SSSR count). The summed E-state index contributed by atoms with van der Waals surface area (Å²) in [7, 11) is 1.72. The number of benzene rings is 1. The zero-order chi connectivity index (χ0) is 12.5. The van der Waals surface area contributed by atoms with Gasteiger partial charge in [-0.1, -0.05) is 18.2 Å². The van der Waals surface area contributed by atoms with Gasteiger partial charge >= 0.3 is 0 Å². The molecule has 0 saturated carbocycles. The van der Waals surface area contributed by atoms with Crippen LogP contribution in [0.3, 0.4) is 0 Å². The number of ether oxygens (including phenoxy) is 1. The molecule has 0 spiro atoms. The van der Waals surface area contributed by atoms with Gasteiger partial charge in [0.2, 0.25) is 0 Å². The van der Waals surface area contributed by atoms with Crippen molar-refractivity contribution in [3.8, 4) is 0 Å². The maximum absolute atomic E-state index is 5.48. The van der Waals surface area contributed by atoms with E-state index in [-0.39, 0.29) is 6.10 Å². The predicted octanol–water partition coefficient (Wildman–Crippen LogP) is 3.07. The van der Waals surface area contributed by atoms with Crippen molar-refractivity contribution < 1.29 is 4.74 Å². The van der Waals surface area contributed by atoms with Gasteiger partial charge in [-0.05, 0) is 31.2 Å². The number of allylic oxidation sites excluding steroid dienone is 2. The average Bonchev–Trinajstić information content (AvgIpc) is 2.44. The lowest BCUT2D eigenvalue weighted by molar-refractivity contribution is 0.191. The lowest BCUT2D eigenvalue weighted by Crippen LogP contribution is -2.37. The maximum atomic E-state index is 5.48. The van der Waals surface area contributed by atoms with Gasteiger partial charge in [-0.15, -0.1) is 0 Å². The molecule has 1 unspecified atom stereocenters. The highest BCUT2D eigenvalue weighted by atomic mass is 16.5. The Morgan fingerprint density at radius 2 is 2.17 bits per heavy atom. The van der Waals surface area contributed by atoms with Crippen molar-refractivity contribution in [2.45, 2.75) is 13.0 Å². The molecule has 1 aliphatic heterocycles. The van der Waals surface area contributed by atoms with Crippen LogP contribution in [0.5, 0.6) is 0 Å². The first kappa shape index (κ1) is 11.2. The molecule has 2 aliphatic rings. The van der Waals surface area contributed by atoms with Gasteiger partial charge < -0.3 is 9.64 Å². The van der Waals surface area contributed by atoms with Gasteiger partial charge in [-0.2, -0.15) is 0 Å². The van der Waals surface area contributed by atoms with Crippen LogP contribution >= 0.6 is 0 Å². The number of hydrogen-bond donors (Lipinski definition) is 0. The first-order valence-electron chi connectivity index (χ1n) is 6.22. The van der Waals surface area contributed by atoms with Crippen LogP contribution in [0.1, 0.15) is 6.92 Å². The molecule has 1 aromatic carbocycles. The van der Waals surface area contributed by atoms with E-state index < -0.39 is 0 Å². The molecule has 0 radical (unpaired) electrons. The van der Waals surface area contributed by atoms with E-state index in [0.29, 0.717) is 0 Å². The molecular weight excluding hydrogens is 224 g/mol. The lowest BCUT2D eigenvalue weighted by Gasteiger charge is -2.34. The molecule has 1 atom stereocenters. The highest BCUT2D eigenvalue weighted by Gasteiger charge is 2.29. The Morgan fingerprint density at radius 3 is 2.94 bits per heavy atom. The second-order valence-corrected chi connectivity index (χ2v) is 4.32. The van der Waals surface area contributed by atoms with E-state index in [1.807, 2.05) is 24.3 Å². The van der Waals surface area contributed by atoms with Crippen LogP contribution in [0.25, 0.3) is 0 Å². The third kappa shape index (κ3) is 1.59. The van der Waals surface area contributed by atoms with Crippen LogP contribution < -0.4 is 4.90 Å². The second-order valence-electron chi connectivity index (χ2n) is 4.32. The molecule has 92 valence electrons. The van der Waals surface area contributed by atoms with Gasteiger partial charge in [0, 0.05) is 13.7 Å². The van der Waals surface area contributed by atoms with Crippen LogP contribution in [0.15, 0.2) is 53.2 Å². The number of anilines is 1. The quantitative estimate of drug-likeness (QED) is 0.793. The third-order valence-corrected chi connectivity index (χ3v) is 3.35. The highest BCUT2D eigenvalue weighted by Crippen LogP contribution is 2.37. The second kappa shape index (κ2) is 4.42. The van der Waals surface area contributed by atoms with Crippen LogP contribution in [0.2, 0.25) is 0 Å². The molecule has 0 aromatic heterocycles. The molecule has 0 fully saturated rings. The molecule has 1 aliphatic carbocycles. The summed E-state index contributed by atoms with van der Waals surface area (Å²) in [6, 6.07) is 8.23. The summed E-state index contributed by atoms with van der Waals surface area (Å²) in [4.78, 5) is 7.03. The van der Waals surface area contributed by atoms with Crippen molar-refractivity contribution in [2.24, 2.45) is 4.99 Å². The fraction of sp³-hybridized carbons (Fsp3) is 0.267. The fourth-order valence-corrected chi connectivity index (χ4v) is 2.50. The Bertz CT molecular complexity index is 557. The van der Waals surface area contributed by atoms with E-state index in [1.54, 1.807) is 7.11 Å². The zero-order valence-electron chi connectivity index (χ0n) is 10.6. The van der Waals surface area contributed by atoms with Gasteiger partial charge in [0.15, 0.2) is 0 Å². The monoisotopic (exact) mass is 240 g/mol. The minimum atomic E-state index is -0.0487. The van der Waals surface area contributed by atoms with Crippen molar-refractivity contribution in [3.05, 3.63) is 48.2 Å². The fourth-order valence-electron chi connectivity index (χ4n) is 2.50. The number of rotatable bonds is 2. The normalized spacial score (nSPS) is 21.0. The summed E-state index contributed by atoms with van der Waals surface area (Å²) in [5.41, 5.74) is 4.33. The van der Waals surface area contributed by atoms with Gasteiger partial charge in [0.05, 0.1) is 22.8 Å². The summed E-state index contributed by atoms with van der Waals surface area (Å²) in [5.74, 6) is 0. The summed E-state index contributed by atoms with van der Waals surface area (Å²) < 4.78 is 5.48. The Morgan fingerprint density at radius 1 is 1.33 bits per heavy atom. The number of fused-ring (bicyclic) bond motifs is 2. The Labute approximate surface area is 107 Å². The van der Waals surface area contributed by atoms with E-state index in [1.165, 1.54) is 5.69 Å². The topological polar surface area (TPSA) is 24.8 Å². The van der Waals surface area contributed by atoms with E-state index in [0.717, 1.165) is 23.6 Å². The summed E-state index contributed by atoms with van der Waals surface area (Å²) in [6.07, 6.45) is 6.13. The first-order chi connectivity index (χ1) is 8.85. The predicted molar refractivity (Wildman–Crippen MR) is 74.6 cm³/mol. The maximum Gasteiger partial charge on any atom is 0.120 e. The summed E-state index contributed by atoms with van der Waals surface area (Å²) in [5, 5.41) is 0. The van der Waals surface area contributed by atoms with Crippen LogP contribution in [-0.4, -0.2) is 25.5 Å². The third-order valence-electron chi connectivity index (χ3n) is 3.35. The molecule has 0 amide bonds. The molecule has 18 heavy (non-hydrogen) atoms. The largest absolute Gasteiger partial charge is 0.371 e. The standard InChI is InChI=1S/C15H16N2O/c1-3-17-12-8-5-4-7-11(12)16-15-13(17)9-6-10-14(15)18-2/h4-10,14H,3H2,1-2H3. The number of para-hydroxylation sites is 2. The van der Waals surface area contributed by atoms with Gasteiger partial charge in [-0.3, -0.25) is 0 Å². The zero-order valence-corrected chi connectivity index (χ0v) is 10.6. The number of aliphatic imine (C=N–C) groups is 1. The molecule has 1 heterocycles. The minimum absolute atomic E-state index is 0.0487. The molecule has 3 heteroatoms. The van der Waals surface area contributed by atoms with Crippen molar-refractivity contribution in [1.82, 2.24) is 0 Å². The number of nitrogens with zero attached hydrogens (tertiary/aromatic N) is 2. The first-order valence-corrected chi connectivity index (χ1v) is 6.22. The average molecular weight is 240 g/mol. The lowest BCUT2D eigenvalue weighted by atomic mass is 10.0. The van der Waals surface area contributed by atoms with Crippen molar-refractivity contribution in [2.75, 3.05) is 18.6 Å². The molecule has 0 bridgehead atoms. The van der Waals surface area contributed by atoms with Crippen LogP contribution in [0.4, 0.5) is 11.4 Å². The van der Waals surface area contributed by atoms with Crippen LogP contribution in [-0.2, 0) is 4.74 Å². The summed E-state index contributed by atoms with van der Waals surface area (Å²) >= 11 is 0. The van der Waals surface area contributed by atoms with Gasteiger partial charge in [0.1, 0.15) is 6.10 Å². The molecule has 0 N–H and O–H groups in total.